The molecule has 0 aromatic heterocycles. The van der Waals surface area contributed by atoms with Crippen LogP contribution < -0.4 is 5.32 Å². The molecule has 0 radical (unpaired) electrons. The Balaban J connectivity index is 0.00000144. The molecule has 0 aromatic rings. The average Bonchev–Trinajstić information content (AvgIpc) is 2.47. The van der Waals surface area contributed by atoms with E-state index in [1.165, 1.54) is 32.5 Å². The van der Waals surface area contributed by atoms with Crippen molar-refractivity contribution < 1.29 is 0 Å². The first-order valence-corrected chi connectivity index (χ1v) is 5.21. The molecule has 2 nitrogen and oxygen atoms in total. The smallest absolute Gasteiger partial charge is 0.0221 e. The van der Waals surface area contributed by atoms with E-state index in [9.17, 15) is 0 Å². The predicted octanol–water partition coefficient (Wildman–Crippen LogP) is 2.10. The highest BCUT2D eigenvalue weighted by molar-refractivity contribution is 4.80. The third-order valence-electron chi connectivity index (χ3n) is 2.67. The Hall–Kier alpha value is -0.0800. The SMILES string of the molecule is C.CCN1CCCC1CNC(C)C. The van der Waals surface area contributed by atoms with Gasteiger partial charge in [-0.25, -0.2) is 0 Å². The summed E-state index contributed by atoms with van der Waals surface area (Å²) < 4.78 is 0. The number of likely N-dealkylation sites (tertiary alicyclic amines) is 1. The highest BCUT2D eigenvalue weighted by Crippen LogP contribution is 2.15. The van der Waals surface area contributed by atoms with Crippen LogP contribution in [0.4, 0.5) is 0 Å². The second-order valence-electron chi connectivity index (χ2n) is 3.99. The molecule has 1 aliphatic heterocycles. The van der Waals surface area contributed by atoms with E-state index in [1.807, 2.05) is 0 Å². The molecule has 0 bridgehead atoms. The topological polar surface area (TPSA) is 15.3 Å². The van der Waals surface area contributed by atoms with Crippen molar-refractivity contribution in [3.63, 3.8) is 0 Å². The van der Waals surface area contributed by atoms with Crippen molar-refractivity contribution in [3.05, 3.63) is 0 Å². The first kappa shape index (κ1) is 12.9. The molecule has 0 aliphatic carbocycles. The fourth-order valence-electron chi connectivity index (χ4n) is 1.91. The van der Waals surface area contributed by atoms with Crippen molar-refractivity contribution in [2.45, 2.75) is 53.1 Å². The minimum Gasteiger partial charge on any atom is -0.313 e. The third-order valence-corrected chi connectivity index (χ3v) is 2.67. The van der Waals surface area contributed by atoms with Crippen molar-refractivity contribution in [3.8, 4) is 0 Å². The van der Waals surface area contributed by atoms with Crippen LogP contribution in [0.3, 0.4) is 0 Å². The number of nitrogens with zero attached hydrogens (tertiary/aromatic N) is 1. The zero-order valence-corrected chi connectivity index (χ0v) is 8.64. The monoisotopic (exact) mass is 186 g/mol. The molecular weight excluding hydrogens is 160 g/mol. The van der Waals surface area contributed by atoms with Gasteiger partial charge in [-0.1, -0.05) is 28.2 Å². The van der Waals surface area contributed by atoms with Gasteiger partial charge in [-0.05, 0) is 25.9 Å². The van der Waals surface area contributed by atoms with E-state index >= 15 is 0 Å². The first-order valence-electron chi connectivity index (χ1n) is 5.21. The van der Waals surface area contributed by atoms with Crippen LogP contribution in [-0.4, -0.2) is 36.6 Å². The average molecular weight is 186 g/mol. The summed E-state index contributed by atoms with van der Waals surface area (Å²) in [7, 11) is 0. The maximum absolute atomic E-state index is 3.51. The molecule has 0 amide bonds. The summed E-state index contributed by atoms with van der Waals surface area (Å²) >= 11 is 0. The van der Waals surface area contributed by atoms with E-state index in [1.54, 1.807) is 0 Å². The minimum absolute atomic E-state index is 0. The Morgan fingerprint density at radius 1 is 1.46 bits per heavy atom. The van der Waals surface area contributed by atoms with Crippen LogP contribution in [0.25, 0.3) is 0 Å². The number of hydrogen-bond donors (Lipinski definition) is 1. The molecule has 1 heterocycles. The van der Waals surface area contributed by atoms with Crippen LogP contribution in [0.2, 0.25) is 0 Å². The molecule has 1 aliphatic rings. The van der Waals surface area contributed by atoms with Crippen LogP contribution in [0.15, 0.2) is 0 Å². The Morgan fingerprint density at radius 3 is 2.69 bits per heavy atom. The number of rotatable bonds is 4. The lowest BCUT2D eigenvalue weighted by atomic mass is 10.2. The van der Waals surface area contributed by atoms with Gasteiger partial charge in [0.15, 0.2) is 0 Å². The zero-order chi connectivity index (χ0) is 8.97. The van der Waals surface area contributed by atoms with E-state index in [-0.39, 0.29) is 7.43 Å². The fourth-order valence-corrected chi connectivity index (χ4v) is 1.91. The lowest BCUT2D eigenvalue weighted by Crippen LogP contribution is -2.39. The van der Waals surface area contributed by atoms with Crippen molar-refractivity contribution in [1.82, 2.24) is 10.2 Å². The Kier molecular flexibility index (Phi) is 6.35. The molecule has 0 aromatic carbocycles. The standard InChI is InChI=1S/C10H22N2.CH4/c1-4-12-7-5-6-10(12)8-11-9(2)3;/h9-11H,4-8H2,1-3H3;1H4. The largest absolute Gasteiger partial charge is 0.313 e. The molecule has 1 atom stereocenters. The summed E-state index contributed by atoms with van der Waals surface area (Å²) in [6, 6.07) is 1.43. The number of likely N-dealkylation sites (N-methyl/N-ethyl adjacent to an activating group) is 1. The summed E-state index contributed by atoms with van der Waals surface area (Å²) in [5.41, 5.74) is 0. The second kappa shape index (κ2) is 6.39. The van der Waals surface area contributed by atoms with Gasteiger partial charge in [0.05, 0.1) is 0 Å². The van der Waals surface area contributed by atoms with E-state index in [4.69, 9.17) is 0 Å². The van der Waals surface area contributed by atoms with Gasteiger partial charge in [0.2, 0.25) is 0 Å². The van der Waals surface area contributed by atoms with Gasteiger partial charge in [0.25, 0.3) is 0 Å². The van der Waals surface area contributed by atoms with Gasteiger partial charge >= 0.3 is 0 Å². The maximum atomic E-state index is 3.51. The lowest BCUT2D eigenvalue weighted by Gasteiger charge is -2.23. The zero-order valence-electron chi connectivity index (χ0n) is 8.64. The van der Waals surface area contributed by atoms with E-state index in [0.717, 1.165) is 6.04 Å². The van der Waals surface area contributed by atoms with Crippen molar-refractivity contribution in [2.75, 3.05) is 19.6 Å². The van der Waals surface area contributed by atoms with Crippen LogP contribution in [0.5, 0.6) is 0 Å². The summed E-state index contributed by atoms with van der Waals surface area (Å²) in [5.74, 6) is 0. The van der Waals surface area contributed by atoms with Crippen LogP contribution in [-0.2, 0) is 0 Å². The molecule has 1 N–H and O–H groups in total. The molecule has 13 heavy (non-hydrogen) atoms. The van der Waals surface area contributed by atoms with Crippen molar-refractivity contribution in [2.24, 2.45) is 0 Å². The highest BCUT2D eigenvalue weighted by atomic mass is 15.2. The van der Waals surface area contributed by atoms with Gasteiger partial charge in [-0.3, -0.25) is 4.90 Å². The summed E-state index contributed by atoms with van der Waals surface area (Å²) in [5, 5.41) is 3.51. The molecule has 80 valence electrons. The predicted molar refractivity (Wildman–Crippen MR) is 60.1 cm³/mol. The Bertz CT molecular complexity index is 123. The summed E-state index contributed by atoms with van der Waals surface area (Å²) in [4.78, 5) is 2.58. The molecule has 2 heteroatoms. The molecule has 1 unspecified atom stereocenters. The molecule has 1 rings (SSSR count). The number of hydrogen-bond acceptors (Lipinski definition) is 2. The molecule has 1 fully saturated rings. The lowest BCUT2D eigenvalue weighted by molar-refractivity contribution is 0.256. The van der Waals surface area contributed by atoms with E-state index in [2.05, 4.69) is 31.0 Å². The first-order chi connectivity index (χ1) is 5.74. The molecule has 1 saturated heterocycles. The third kappa shape index (κ3) is 4.10. The van der Waals surface area contributed by atoms with Crippen LogP contribution >= 0.6 is 0 Å². The van der Waals surface area contributed by atoms with Crippen molar-refractivity contribution in [1.29, 1.82) is 0 Å². The van der Waals surface area contributed by atoms with E-state index < -0.39 is 0 Å². The minimum atomic E-state index is 0. The quantitative estimate of drug-likeness (QED) is 0.723. The molecular formula is C11H26N2. The molecule has 0 spiro atoms. The Labute approximate surface area is 83.7 Å². The van der Waals surface area contributed by atoms with Crippen molar-refractivity contribution >= 4 is 0 Å². The van der Waals surface area contributed by atoms with Crippen LogP contribution in [0.1, 0.15) is 41.0 Å². The van der Waals surface area contributed by atoms with E-state index in [0.29, 0.717) is 6.04 Å². The number of nitrogens with one attached hydrogen (secondary N) is 1. The summed E-state index contributed by atoms with van der Waals surface area (Å²) in [6.07, 6.45) is 2.77. The van der Waals surface area contributed by atoms with Gasteiger partial charge in [0.1, 0.15) is 0 Å². The normalized spacial score (nSPS) is 23.5. The maximum Gasteiger partial charge on any atom is 0.0221 e. The highest BCUT2D eigenvalue weighted by Gasteiger charge is 2.22. The Morgan fingerprint density at radius 2 is 2.15 bits per heavy atom. The second-order valence-corrected chi connectivity index (χ2v) is 3.99. The molecule has 0 saturated carbocycles. The van der Waals surface area contributed by atoms with Crippen LogP contribution in [0, 0.1) is 0 Å². The van der Waals surface area contributed by atoms with Gasteiger partial charge in [-0.2, -0.15) is 0 Å². The van der Waals surface area contributed by atoms with Gasteiger partial charge < -0.3 is 5.32 Å². The fraction of sp³-hybridized carbons (Fsp3) is 1.00. The van der Waals surface area contributed by atoms with Gasteiger partial charge in [0, 0.05) is 18.6 Å². The summed E-state index contributed by atoms with van der Waals surface area (Å²) in [6.45, 7) is 10.4. The van der Waals surface area contributed by atoms with Gasteiger partial charge in [-0.15, -0.1) is 0 Å².